The van der Waals surface area contributed by atoms with Crippen LogP contribution < -0.4 is 10.9 Å². The van der Waals surface area contributed by atoms with Crippen LogP contribution in [0.25, 0.3) is 0 Å². The number of nitrogens with one attached hydrogen (secondary N) is 2. The van der Waals surface area contributed by atoms with E-state index in [1.54, 1.807) is 6.92 Å². The first-order chi connectivity index (χ1) is 9.08. The van der Waals surface area contributed by atoms with Crippen molar-refractivity contribution in [2.45, 2.75) is 23.5 Å². The van der Waals surface area contributed by atoms with Gasteiger partial charge >= 0.3 is 0 Å². The smallest absolute Gasteiger partial charge is 0.251 e. The van der Waals surface area contributed by atoms with E-state index in [0.29, 0.717) is 15.9 Å². The standard InChI is InChI=1S/C13H14ClN3OS/c1-8-5-12(18)17-13(16-8)19-11-6-10(14)4-3-9(11)7-15-2/h3-6,15H,7H2,1-2H3,(H,16,17,18). The summed E-state index contributed by atoms with van der Waals surface area (Å²) in [5, 5.41) is 4.34. The van der Waals surface area contributed by atoms with Crippen molar-refractivity contribution in [3.05, 3.63) is 50.9 Å². The van der Waals surface area contributed by atoms with Gasteiger partial charge in [-0.25, -0.2) is 4.98 Å². The Labute approximate surface area is 120 Å². The Morgan fingerprint density at radius 1 is 1.42 bits per heavy atom. The van der Waals surface area contributed by atoms with Crippen molar-refractivity contribution in [3.8, 4) is 0 Å². The fourth-order valence-electron chi connectivity index (χ4n) is 1.66. The molecule has 0 unspecified atom stereocenters. The lowest BCUT2D eigenvalue weighted by Gasteiger charge is -2.09. The second-order valence-corrected chi connectivity index (χ2v) is 5.54. The summed E-state index contributed by atoms with van der Waals surface area (Å²) in [6.07, 6.45) is 0. The van der Waals surface area contributed by atoms with Gasteiger partial charge in [-0.05, 0) is 31.7 Å². The number of hydrogen-bond donors (Lipinski definition) is 2. The highest BCUT2D eigenvalue weighted by Crippen LogP contribution is 2.30. The molecule has 2 rings (SSSR count). The summed E-state index contributed by atoms with van der Waals surface area (Å²) in [6, 6.07) is 7.16. The number of rotatable bonds is 4. The first-order valence-corrected chi connectivity index (χ1v) is 6.97. The topological polar surface area (TPSA) is 57.8 Å². The normalized spacial score (nSPS) is 10.7. The van der Waals surface area contributed by atoms with Gasteiger partial charge in [0.1, 0.15) is 0 Å². The predicted molar refractivity (Wildman–Crippen MR) is 77.9 cm³/mol. The van der Waals surface area contributed by atoms with Crippen molar-refractivity contribution >= 4 is 23.4 Å². The average Bonchev–Trinajstić information content (AvgIpc) is 2.31. The monoisotopic (exact) mass is 295 g/mol. The Morgan fingerprint density at radius 3 is 2.89 bits per heavy atom. The molecule has 1 aromatic heterocycles. The van der Waals surface area contributed by atoms with E-state index in [4.69, 9.17) is 11.6 Å². The van der Waals surface area contributed by atoms with E-state index >= 15 is 0 Å². The van der Waals surface area contributed by atoms with Crippen LogP contribution in [0.4, 0.5) is 0 Å². The Morgan fingerprint density at radius 2 is 2.21 bits per heavy atom. The fraction of sp³-hybridized carbons (Fsp3) is 0.231. The predicted octanol–water partition coefficient (Wildman–Crippen LogP) is 2.60. The Bertz CT molecular complexity index is 642. The molecule has 0 radical (unpaired) electrons. The van der Waals surface area contributed by atoms with Crippen LogP contribution in [0, 0.1) is 6.92 Å². The molecule has 0 fully saturated rings. The first kappa shape index (κ1) is 14.1. The largest absolute Gasteiger partial charge is 0.316 e. The summed E-state index contributed by atoms with van der Waals surface area (Å²) in [4.78, 5) is 19.4. The van der Waals surface area contributed by atoms with Crippen LogP contribution in [0.5, 0.6) is 0 Å². The molecular formula is C13H14ClN3OS. The molecule has 0 aliphatic heterocycles. The van der Waals surface area contributed by atoms with Crippen LogP contribution in [0.15, 0.2) is 39.1 Å². The molecule has 0 aliphatic rings. The van der Waals surface area contributed by atoms with Gasteiger partial charge in [-0.15, -0.1) is 0 Å². The molecule has 4 nitrogen and oxygen atoms in total. The van der Waals surface area contributed by atoms with Crippen LogP contribution in [-0.4, -0.2) is 17.0 Å². The molecule has 100 valence electrons. The maximum absolute atomic E-state index is 11.4. The van der Waals surface area contributed by atoms with Crippen molar-refractivity contribution in [3.63, 3.8) is 0 Å². The summed E-state index contributed by atoms with van der Waals surface area (Å²) in [5.41, 5.74) is 1.66. The zero-order valence-corrected chi connectivity index (χ0v) is 12.2. The molecule has 0 saturated carbocycles. The highest BCUT2D eigenvalue weighted by molar-refractivity contribution is 7.99. The van der Waals surface area contributed by atoms with Crippen molar-refractivity contribution in [1.29, 1.82) is 0 Å². The highest BCUT2D eigenvalue weighted by Gasteiger charge is 2.07. The molecule has 0 saturated heterocycles. The molecule has 0 spiro atoms. The lowest BCUT2D eigenvalue weighted by Crippen LogP contribution is -2.09. The third-order valence-electron chi connectivity index (χ3n) is 2.45. The van der Waals surface area contributed by atoms with Gasteiger partial charge in [0, 0.05) is 28.2 Å². The van der Waals surface area contributed by atoms with Crippen molar-refractivity contribution in [1.82, 2.24) is 15.3 Å². The zero-order chi connectivity index (χ0) is 13.8. The minimum absolute atomic E-state index is 0.146. The van der Waals surface area contributed by atoms with Crippen LogP contribution in [-0.2, 0) is 6.54 Å². The summed E-state index contributed by atoms with van der Waals surface area (Å²) in [6.45, 7) is 2.53. The van der Waals surface area contributed by atoms with Crippen molar-refractivity contribution < 1.29 is 0 Å². The van der Waals surface area contributed by atoms with Crippen molar-refractivity contribution in [2.24, 2.45) is 0 Å². The van der Waals surface area contributed by atoms with E-state index in [2.05, 4.69) is 15.3 Å². The molecule has 0 aliphatic carbocycles. The quantitative estimate of drug-likeness (QED) is 0.851. The Hall–Kier alpha value is -1.30. The lowest BCUT2D eigenvalue weighted by atomic mass is 10.2. The summed E-state index contributed by atoms with van der Waals surface area (Å²) >= 11 is 7.43. The fourth-order valence-corrected chi connectivity index (χ4v) is 2.91. The number of aromatic amines is 1. The van der Waals surface area contributed by atoms with Gasteiger partial charge in [-0.3, -0.25) is 4.79 Å². The number of benzene rings is 1. The van der Waals surface area contributed by atoms with E-state index in [9.17, 15) is 4.79 Å². The van der Waals surface area contributed by atoms with E-state index < -0.39 is 0 Å². The first-order valence-electron chi connectivity index (χ1n) is 5.77. The number of nitrogens with zero attached hydrogens (tertiary/aromatic N) is 1. The average molecular weight is 296 g/mol. The molecule has 2 N–H and O–H groups in total. The van der Waals surface area contributed by atoms with E-state index in [0.717, 1.165) is 17.0 Å². The number of aromatic nitrogens is 2. The van der Waals surface area contributed by atoms with E-state index in [-0.39, 0.29) is 5.56 Å². The van der Waals surface area contributed by atoms with Crippen LogP contribution in [0.1, 0.15) is 11.3 Å². The zero-order valence-electron chi connectivity index (χ0n) is 10.7. The van der Waals surface area contributed by atoms with Crippen molar-refractivity contribution in [2.75, 3.05) is 7.05 Å². The summed E-state index contributed by atoms with van der Waals surface area (Å²) in [7, 11) is 1.88. The van der Waals surface area contributed by atoms with Crippen LogP contribution in [0.2, 0.25) is 5.02 Å². The maximum atomic E-state index is 11.4. The van der Waals surface area contributed by atoms with Gasteiger partial charge in [0.25, 0.3) is 5.56 Å². The SMILES string of the molecule is CNCc1ccc(Cl)cc1Sc1nc(C)cc(=O)[nH]1. The minimum atomic E-state index is -0.146. The third-order valence-corrected chi connectivity index (χ3v) is 3.67. The molecular weight excluding hydrogens is 282 g/mol. The van der Waals surface area contributed by atoms with Gasteiger partial charge in [0.2, 0.25) is 0 Å². The minimum Gasteiger partial charge on any atom is -0.316 e. The molecule has 0 bridgehead atoms. The van der Waals surface area contributed by atoms with Gasteiger partial charge in [-0.1, -0.05) is 29.4 Å². The van der Waals surface area contributed by atoms with E-state index in [1.807, 2.05) is 25.2 Å². The third kappa shape index (κ3) is 3.83. The summed E-state index contributed by atoms with van der Waals surface area (Å²) < 4.78 is 0. The molecule has 2 aromatic rings. The van der Waals surface area contributed by atoms with Crippen LogP contribution in [0.3, 0.4) is 0 Å². The summed E-state index contributed by atoms with van der Waals surface area (Å²) in [5.74, 6) is 0. The molecule has 19 heavy (non-hydrogen) atoms. The number of halogens is 1. The lowest BCUT2D eigenvalue weighted by molar-refractivity contribution is 0.802. The molecule has 0 amide bonds. The highest BCUT2D eigenvalue weighted by atomic mass is 35.5. The second kappa shape index (κ2) is 6.23. The van der Waals surface area contributed by atoms with Gasteiger partial charge in [0.05, 0.1) is 0 Å². The Kier molecular flexibility index (Phi) is 4.63. The molecule has 1 heterocycles. The van der Waals surface area contributed by atoms with E-state index in [1.165, 1.54) is 17.8 Å². The van der Waals surface area contributed by atoms with Gasteiger partial charge in [-0.2, -0.15) is 0 Å². The second-order valence-electron chi connectivity index (χ2n) is 4.08. The number of hydrogen-bond acceptors (Lipinski definition) is 4. The maximum Gasteiger partial charge on any atom is 0.251 e. The van der Waals surface area contributed by atoms with Gasteiger partial charge < -0.3 is 10.3 Å². The molecule has 6 heteroatoms. The van der Waals surface area contributed by atoms with Crippen LogP contribution >= 0.6 is 23.4 Å². The number of H-pyrrole nitrogens is 1. The van der Waals surface area contributed by atoms with Gasteiger partial charge in [0.15, 0.2) is 5.16 Å². The number of aryl methyl sites for hydroxylation is 1. The molecule has 1 aromatic carbocycles. The Balaban J connectivity index is 2.36. The molecule has 0 atom stereocenters.